The van der Waals surface area contributed by atoms with Crippen molar-refractivity contribution in [2.45, 2.75) is 39.0 Å². The van der Waals surface area contributed by atoms with Crippen LogP contribution in [0.15, 0.2) is 49.1 Å². The molecule has 12 heteroatoms. The number of fused-ring (bicyclic) bond motifs is 1. The van der Waals surface area contributed by atoms with Gasteiger partial charge in [0.05, 0.1) is 59.7 Å². The second-order valence-electron chi connectivity index (χ2n) is 12.1. The van der Waals surface area contributed by atoms with Gasteiger partial charge in [-0.15, -0.1) is 0 Å². The molecule has 2 aliphatic heterocycles. The second-order valence-corrected chi connectivity index (χ2v) is 12.5. The van der Waals surface area contributed by atoms with Crippen LogP contribution < -0.4 is 9.64 Å². The van der Waals surface area contributed by atoms with E-state index < -0.39 is 5.92 Å². The highest BCUT2D eigenvalue weighted by molar-refractivity contribution is 6.34. The fourth-order valence-electron chi connectivity index (χ4n) is 6.05. The fourth-order valence-corrected chi connectivity index (χ4v) is 6.38. The summed E-state index contributed by atoms with van der Waals surface area (Å²) in [5.41, 5.74) is 3.50. The molecule has 0 spiro atoms. The van der Waals surface area contributed by atoms with Gasteiger partial charge in [0.2, 0.25) is 0 Å². The number of benzene rings is 1. The van der Waals surface area contributed by atoms with Crippen molar-refractivity contribution in [1.82, 2.24) is 24.5 Å². The Morgan fingerprint density at radius 2 is 1.93 bits per heavy atom. The fraction of sp³-hybridized carbons (Fsp3) is 0.406. The van der Waals surface area contributed by atoms with Gasteiger partial charge in [-0.1, -0.05) is 30.7 Å². The minimum absolute atomic E-state index is 0.0735. The number of nitrogens with zero attached hydrogens (tertiary/aromatic N) is 7. The lowest BCUT2D eigenvalue weighted by atomic mass is 9.75. The van der Waals surface area contributed by atoms with Gasteiger partial charge in [-0.3, -0.25) is 14.7 Å². The summed E-state index contributed by atoms with van der Waals surface area (Å²) in [7, 11) is 0. The van der Waals surface area contributed by atoms with Crippen molar-refractivity contribution >= 4 is 28.7 Å². The summed E-state index contributed by atoms with van der Waals surface area (Å²) in [5, 5.41) is 14.5. The van der Waals surface area contributed by atoms with E-state index in [-0.39, 0.29) is 30.9 Å². The highest BCUT2D eigenvalue weighted by atomic mass is 35.5. The van der Waals surface area contributed by atoms with E-state index in [9.17, 15) is 18.8 Å². The number of carbonyl (C=O) groups excluding carboxylic acids is 1. The van der Waals surface area contributed by atoms with Crippen LogP contribution in [0.1, 0.15) is 47.7 Å². The molecule has 2 aliphatic rings. The Hall–Kier alpha value is -4.14. The number of carbonyl (C=O) groups is 1. The van der Waals surface area contributed by atoms with Crippen LogP contribution in [0.4, 0.5) is 14.6 Å². The number of ether oxygens (including phenoxy) is 1. The number of aryl methyl sites for hydroxylation is 1. The number of pyridine rings is 1. The van der Waals surface area contributed by atoms with Crippen LogP contribution in [0.3, 0.4) is 0 Å². The lowest BCUT2D eigenvalue weighted by Crippen LogP contribution is -2.56. The van der Waals surface area contributed by atoms with Crippen LogP contribution in [-0.4, -0.2) is 75.5 Å². The van der Waals surface area contributed by atoms with Gasteiger partial charge in [0.25, 0.3) is 5.92 Å². The summed E-state index contributed by atoms with van der Waals surface area (Å²) >= 11 is 6.35. The lowest BCUT2D eigenvalue weighted by Gasteiger charge is -2.39. The SMILES string of the molecule is Cc1cccc(Cl)c1C(=O)CC1(C)CCN(c2cnc(-c3cc(OCCN4CC(F)(F)C4)cn4ncc(C#N)c34)cn2)CC1. The minimum Gasteiger partial charge on any atom is -0.491 e. The van der Waals surface area contributed by atoms with Crippen molar-refractivity contribution in [2.75, 3.05) is 44.2 Å². The van der Waals surface area contributed by atoms with Crippen molar-refractivity contribution in [3.8, 4) is 23.1 Å². The molecule has 228 valence electrons. The van der Waals surface area contributed by atoms with Crippen LogP contribution in [0.2, 0.25) is 5.02 Å². The predicted molar refractivity (Wildman–Crippen MR) is 163 cm³/mol. The molecule has 0 saturated carbocycles. The Bertz CT molecular complexity index is 1720. The molecule has 6 rings (SSSR count). The zero-order chi connectivity index (χ0) is 31.1. The van der Waals surface area contributed by atoms with Gasteiger partial charge in [0.1, 0.15) is 24.2 Å². The normalized spacial score (nSPS) is 17.7. The van der Waals surface area contributed by atoms with Crippen molar-refractivity contribution in [3.63, 3.8) is 0 Å². The molecule has 0 unspecified atom stereocenters. The monoisotopic (exact) mass is 619 g/mol. The number of alkyl halides is 2. The first-order valence-electron chi connectivity index (χ1n) is 14.5. The zero-order valence-electron chi connectivity index (χ0n) is 24.6. The van der Waals surface area contributed by atoms with E-state index in [1.165, 1.54) is 6.20 Å². The molecule has 44 heavy (non-hydrogen) atoms. The van der Waals surface area contributed by atoms with E-state index in [1.54, 1.807) is 40.1 Å². The van der Waals surface area contributed by atoms with Crippen LogP contribution in [0.25, 0.3) is 16.8 Å². The zero-order valence-corrected chi connectivity index (χ0v) is 25.3. The van der Waals surface area contributed by atoms with E-state index in [2.05, 4.69) is 23.0 Å². The summed E-state index contributed by atoms with van der Waals surface area (Å²) in [6.07, 6.45) is 8.60. The molecule has 5 heterocycles. The molecule has 0 N–H and O–H groups in total. The number of aromatic nitrogens is 4. The van der Waals surface area contributed by atoms with Gasteiger partial charge in [0, 0.05) is 37.2 Å². The molecule has 0 bridgehead atoms. The number of nitriles is 1. The number of ketones is 1. The van der Waals surface area contributed by atoms with E-state index >= 15 is 0 Å². The minimum atomic E-state index is -2.62. The summed E-state index contributed by atoms with van der Waals surface area (Å²) in [6.45, 7) is 5.62. The molecule has 0 aliphatic carbocycles. The third kappa shape index (κ3) is 6.10. The quantitative estimate of drug-likeness (QED) is 0.216. The average molecular weight is 620 g/mol. The smallest absolute Gasteiger partial charge is 0.272 e. The molecule has 0 amide bonds. The van der Waals surface area contributed by atoms with Gasteiger partial charge in [-0.2, -0.15) is 10.4 Å². The summed E-state index contributed by atoms with van der Waals surface area (Å²) in [6, 6.07) is 9.48. The Labute approximate surface area is 259 Å². The summed E-state index contributed by atoms with van der Waals surface area (Å²) < 4.78 is 33.7. The molecular formula is C32H32ClF2N7O2. The molecule has 2 saturated heterocycles. The maximum absolute atomic E-state index is 13.2. The number of anilines is 1. The van der Waals surface area contributed by atoms with Crippen LogP contribution >= 0.6 is 11.6 Å². The van der Waals surface area contributed by atoms with Crippen molar-refractivity contribution in [2.24, 2.45) is 5.41 Å². The summed E-state index contributed by atoms with van der Waals surface area (Å²) in [5.74, 6) is -1.34. The largest absolute Gasteiger partial charge is 0.491 e. The second kappa shape index (κ2) is 11.7. The van der Waals surface area contributed by atoms with E-state index in [4.69, 9.17) is 26.3 Å². The van der Waals surface area contributed by atoms with Crippen molar-refractivity contribution in [3.05, 3.63) is 70.8 Å². The van der Waals surface area contributed by atoms with Crippen molar-refractivity contribution < 1.29 is 18.3 Å². The standard InChI is InChI=1S/C32H32ClF2N7O2/c1-21-4-3-5-25(33)29(21)27(43)13-31(2)6-8-41(9-7-31)28-17-37-26(16-38-28)24-12-23(18-42-30(24)22(14-36)15-39-42)44-11-10-40-19-32(34,35)20-40/h3-5,12,15-18H,6-11,13,19-20H2,1-2H3. The highest BCUT2D eigenvalue weighted by Crippen LogP contribution is 2.38. The van der Waals surface area contributed by atoms with E-state index in [1.807, 2.05) is 19.1 Å². The van der Waals surface area contributed by atoms with Gasteiger partial charge in [-0.05, 0) is 42.9 Å². The lowest BCUT2D eigenvalue weighted by molar-refractivity contribution is -0.132. The molecule has 2 fully saturated rings. The van der Waals surface area contributed by atoms with Gasteiger partial charge >= 0.3 is 0 Å². The number of Topliss-reactive ketones (excluding diaryl/α,β-unsaturated/α-hetero) is 1. The Kier molecular flexibility index (Phi) is 7.99. The Morgan fingerprint density at radius 3 is 2.59 bits per heavy atom. The first-order chi connectivity index (χ1) is 21.0. The molecule has 0 radical (unpaired) electrons. The average Bonchev–Trinajstić information content (AvgIpc) is 3.39. The van der Waals surface area contributed by atoms with Gasteiger partial charge < -0.3 is 9.64 Å². The third-order valence-corrected chi connectivity index (χ3v) is 8.91. The number of piperidine rings is 1. The topological polar surface area (TPSA) is 99.7 Å². The van der Waals surface area contributed by atoms with E-state index in [0.29, 0.717) is 51.6 Å². The number of halogens is 3. The maximum Gasteiger partial charge on any atom is 0.272 e. The van der Waals surface area contributed by atoms with Crippen LogP contribution in [-0.2, 0) is 0 Å². The number of likely N-dealkylation sites (tertiary alicyclic amines) is 1. The molecule has 0 atom stereocenters. The predicted octanol–water partition coefficient (Wildman–Crippen LogP) is 5.83. The van der Waals surface area contributed by atoms with Crippen LogP contribution in [0, 0.1) is 23.7 Å². The molecular weight excluding hydrogens is 588 g/mol. The Balaban J connectivity index is 1.14. The maximum atomic E-state index is 13.2. The third-order valence-electron chi connectivity index (χ3n) is 8.59. The van der Waals surface area contributed by atoms with E-state index in [0.717, 1.165) is 37.3 Å². The molecule has 1 aromatic carbocycles. The van der Waals surface area contributed by atoms with Gasteiger partial charge in [-0.25, -0.2) is 18.3 Å². The first-order valence-corrected chi connectivity index (χ1v) is 14.9. The number of hydrogen-bond acceptors (Lipinski definition) is 8. The van der Waals surface area contributed by atoms with Crippen LogP contribution in [0.5, 0.6) is 5.75 Å². The molecule has 9 nitrogen and oxygen atoms in total. The summed E-state index contributed by atoms with van der Waals surface area (Å²) in [4.78, 5) is 26.4. The highest BCUT2D eigenvalue weighted by Gasteiger charge is 2.43. The molecule has 3 aromatic heterocycles. The first kappa shape index (κ1) is 29.9. The van der Waals surface area contributed by atoms with Gasteiger partial charge in [0.15, 0.2) is 5.78 Å². The van der Waals surface area contributed by atoms with Crippen molar-refractivity contribution in [1.29, 1.82) is 5.26 Å². The number of hydrogen-bond donors (Lipinski definition) is 0. The Morgan fingerprint density at radius 1 is 1.16 bits per heavy atom. The number of rotatable bonds is 9. The molecule has 4 aromatic rings.